The number of halogens is 1. The molecular weight excluding hydrogens is 496 g/mol. The van der Waals surface area contributed by atoms with Gasteiger partial charge in [-0.05, 0) is 28.8 Å². The van der Waals surface area contributed by atoms with Crippen LogP contribution in [0.4, 0.5) is 0 Å². The largest absolute Gasteiger partial charge is 0.401 e. The van der Waals surface area contributed by atoms with Crippen molar-refractivity contribution in [3.8, 4) is 6.07 Å². The van der Waals surface area contributed by atoms with E-state index in [9.17, 15) is 10.1 Å². The number of allylic oxidation sites excluding steroid dienone is 2. The molecule has 1 aliphatic carbocycles. The van der Waals surface area contributed by atoms with E-state index in [1.165, 1.54) is 0 Å². The lowest BCUT2D eigenvalue weighted by Crippen LogP contribution is -2.37. The standard InChI is InChI=1S/C31H23BrN2O/c32-25-18-10-13-22(19-25)28-27(30(35)21-11-4-1-5-12-21)29(34)26(20-33)31(28,23-14-6-2-7-15-23)24-16-8-3-9-17-24/h1-19,27-28H,34H2. The van der Waals surface area contributed by atoms with Crippen molar-refractivity contribution >= 4 is 21.7 Å². The summed E-state index contributed by atoms with van der Waals surface area (Å²) in [5.74, 6) is -1.22. The lowest BCUT2D eigenvalue weighted by molar-refractivity contribution is 0.0919. The number of nitriles is 1. The molecule has 2 unspecified atom stereocenters. The Bertz CT molecular complexity index is 1400. The van der Waals surface area contributed by atoms with Crippen LogP contribution in [0.1, 0.15) is 33.0 Å². The van der Waals surface area contributed by atoms with Crippen LogP contribution in [0.3, 0.4) is 0 Å². The Kier molecular flexibility index (Phi) is 6.11. The van der Waals surface area contributed by atoms with Crippen LogP contribution in [0.5, 0.6) is 0 Å². The fraction of sp³-hybridized carbons (Fsp3) is 0.0968. The van der Waals surface area contributed by atoms with Gasteiger partial charge in [-0.3, -0.25) is 4.79 Å². The van der Waals surface area contributed by atoms with Crippen molar-refractivity contribution < 1.29 is 4.79 Å². The number of nitrogens with zero attached hydrogens (tertiary/aromatic N) is 1. The van der Waals surface area contributed by atoms with E-state index in [2.05, 4.69) is 22.0 Å². The van der Waals surface area contributed by atoms with E-state index in [0.717, 1.165) is 21.2 Å². The molecule has 0 saturated heterocycles. The van der Waals surface area contributed by atoms with Crippen molar-refractivity contribution in [1.29, 1.82) is 5.26 Å². The molecule has 0 spiro atoms. The van der Waals surface area contributed by atoms with E-state index in [4.69, 9.17) is 5.73 Å². The van der Waals surface area contributed by atoms with E-state index in [-0.39, 0.29) is 5.78 Å². The maximum absolute atomic E-state index is 14.1. The third-order valence-electron chi connectivity index (χ3n) is 6.94. The molecule has 35 heavy (non-hydrogen) atoms. The van der Waals surface area contributed by atoms with E-state index < -0.39 is 17.3 Å². The smallest absolute Gasteiger partial charge is 0.172 e. The monoisotopic (exact) mass is 518 g/mol. The van der Waals surface area contributed by atoms with Crippen molar-refractivity contribution in [2.75, 3.05) is 0 Å². The van der Waals surface area contributed by atoms with Gasteiger partial charge in [-0.25, -0.2) is 0 Å². The van der Waals surface area contributed by atoms with Gasteiger partial charge < -0.3 is 5.73 Å². The van der Waals surface area contributed by atoms with Gasteiger partial charge in [-0.15, -0.1) is 0 Å². The molecule has 0 heterocycles. The Balaban J connectivity index is 1.89. The first kappa shape index (κ1) is 22.8. The zero-order valence-corrected chi connectivity index (χ0v) is 20.5. The molecule has 2 N–H and O–H groups in total. The molecule has 4 aromatic carbocycles. The zero-order chi connectivity index (χ0) is 24.4. The van der Waals surface area contributed by atoms with Crippen molar-refractivity contribution in [1.82, 2.24) is 0 Å². The lowest BCUT2D eigenvalue weighted by Gasteiger charge is -2.39. The number of ketones is 1. The van der Waals surface area contributed by atoms with E-state index >= 15 is 0 Å². The molecule has 0 aromatic heterocycles. The van der Waals surface area contributed by atoms with Gasteiger partial charge in [-0.2, -0.15) is 5.26 Å². The van der Waals surface area contributed by atoms with Crippen molar-refractivity contribution in [2.45, 2.75) is 11.3 Å². The molecule has 2 atom stereocenters. The molecule has 0 amide bonds. The van der Waals surface area contributed by atoms with Crippen molar-refractivity contribution in [3.05, 3.63) is 153 Å². The predicted octanol–water partition coefficient (Wildman–Crippen LogP) is 6.77. The van der Waals surface area contributed by atoms with Crippen LogP contribution in [-0.4, -0.2) is 5.78 Å². The van der Waals surface area contributed by atoms with Gasteiger partial charge in [-0.1, -0.05) is 119 Å². The summed E-state index contributed by atoms with van der Waals surface area (Å²) in [6.07, 6.45) is 0. The van der Waals surface area contributed by atoms with Gasteiger partial charge in [0.1, 0.15) is 0 Å². The fourth-order valence-corrected chi connectivity index (χ4v) is 5.97. The molecule has 0 fully saturated rings. The minimum absolute atomic E-state index is 0.0884. The molecule has 4 aromatic rings. The summed E-state index contributed by atoms with van der Waals surface area (Å²) < 4.78 is 0.903. The number of hydrogen-bond donors (Lipinski definition) is 1. The Morgan fingerprint density at radius 1 is 0.800 bits per heavy atom. The second-order valence-corrected chi connectivity index (χ2v) is 9.64. The van der Waals surface area contributed by atoms with Gasteiger partial charge in [0.15, 0.2) is 5.78 Å². The summed E-state index contributed by atoms with van der Waals surface area (Å²) in [5.41, 5.74) is 10.0. The Hall–Kier alpha value is -3.94. The normalized spacial score (nSPS) is 18.7. The van der Waals surface area contributed by atoms with Crippen LogP contribution in [0, 0.1) is 17.2 Å². The molecule has 0 radical (unpaired) electrons. The highest BCUT2D eigenvalue weighted by Gasteiger charge is 2.58. The number of benzene rings is 4. The van der Waals surface area contributed by atoms with Crippen LogP contribution < -0.4 is 5.73 Å². The highest BCUT2D eigenvalue weighted by atomic mass is 79.9. The minimum Gasteiger partial charge on any atom is -0.401 e. The first-order valence-electron chi connectivity index (χ1n) is 11.4. The number of hydrogen-bond acceptors (Lipinski definition) is 3. The fourth-order valence-electron chi connectivity index (χ4n) is 5.55. The quantitative estimate of drug-likeness (QED) is 0.296. The van der Waals surface area contributed by atoms with Gasteiger partial charge in [0.2, 0.25) is 0 Å². The SMILES string of the molecule is N#CC1=C(N)C(C(=O)c2ccccc2)C(c2cccc(Br)c2)C1(c1ccccc1)c1ccccc1. The van der Waals surface area contributed by atoms with Gasteiger partial charge >= 0.3 is 0 Å². The Morgan fingerprint density at radius 3 is 1.86 bits per heavy atom. The topological polar surface area (TPSA) is 66.9 Å². The van der Waals surface area contributed by atoms with Gasteiger partial charge in [0.25, 0.3) is 0 Å². The summed E-state index contributed by atoms with van der Waals surface area (Å²) in [6, 6.07) is 39.5. The van der Waals surface area contributed by atoms with E-state index in [1.807, 2.05) is 115 Å². The second kappa shape index (κ2) is 9.37. The van der Waals surface area contributed by atoms with E-state index in [1.54, 1.807) is 0 Å². The summed E-state index contributed by atoms with van der Waals surface area (Å²) in [7, 11) is 0. The average molecular weight is 519 g/mol. The van der Waals surface area contributed by atoms with Crippen LogP contribution in [-0.2, 0) is 5.41 Å². The number of rotatable bonds is 5. The van der Waals surface area contributed by atoms with Crippen molar-refractivity contribution in [3.63, 3.8) is 0 Å². The third-order valence-corrected chi connectivity index (χ3v) is 7.43. The average Bonchev–Trinajstić information content (AvgIpc) is 3.18. The summed E-state index contributed by atoms with van der Waals surface area (Å²) in [5, 5.41) is 10.6. The predicted molar refractivity (Wildman–Crippen MR) is 142 cm³/mol. The molecular formula is C31H23BrN2O. The zero-order valence-electron chi connectivity index (χ0n) is 18.9. The highest BCUT2D eigenvalue weighted by Crippen LogP contribution is 2.60. The molecule has 170 valence electrons. The number of carbonyl (C=O) groups is 1. The first-order valence-corrected chi connectivity index (χ1v) is 12.2. The number of nitrogens with two attached hydrogens (primary N) is 1. The van der Waals surface area contributed by atoms with E-state index in [0.29, 0.717) is 16.8 Å². The number of Topliss-reactive ketones (excluding diaryl/α,β-unsaturated/α-hetero) is 1. The molecule has 4 heteroatoms. The van der Waals surface area contributed by atoms with Crippen LogP contribution >= 0.6 is 15.9 Å². The van der Waals surface area contributed by atoms with Crippen LogP contribution in [0.25, 0.3) is 0 Å². The molecule has 0 aliphatic heterocycles. The van der Waals surface area contributed by atoms with Gasteiger partial charge in [0, 0.05) is 21.7 Å². The molecule has 1 aliphatic rings. The summed E-state index contributed by atoms with van der Waals surface area (Å²) >= 11 is 3.61. The maximum atomic E-state index is 14.1. The maximum Gasteiger partial charge on any atom is 0.172 e. The Labute approximate surface area is 213 Å². The van der Waals surface area contributed by atoms with Crippen LogP contribution in [0.2, 0.25) is 0 Å². The molecule has 3 nitrogen and oxygen atoms in total. The third kappa shape index (κ3) is 3.69. The molecule has 0 saturated carbocycles. The second-order valence-electron chi connectivity index (χ2n) is 8.72. The summed E-state index contributed by atoms with van der Waals surface area (Å²) in [4.78, 5) is 14.1. The Morgan fingerprint density at radius 2 is 1.34 bits per heavy atom. The van der Waals surface area contributed by atoms with Crippen molar-refractivity contribution in [2.24, 2.45) is 11.7 Å². The van der Waals surface area contributed by atoms with Crippen LogP contribution in [0.15, 0.2) is 131 Å². The first-order chi connectivity index (χ1) is 17.1. The summed E-state index contributed by atoms with van der Waals surface area (Å²) in [6.45, 7) is 0. The number of carbonyl (C=O) groups excluding carboxylic acids is 1. The van der Waals surface area contributed by atoms with Gasteiger partial charge in [0.05, 0.1) is 23.0 Å². The molecule has 0 bridgehead atoms. The lowest BCUT2D eigenvalue weighted by atomic mass is 9.60. The molecule has 5 rings (SSSR count). The highest BCUT2D eigenvalue weighted by molar-refractivity contribution is 9.10. The minimum atomic E-state index is -0.933.